The minimum Gasteiger partial charge on any atom is -0.362 e. The van der Waals surface area contributed by atoms with E-state index in [0.717, 1.165) is 29.0 Å². The van der Waals surface area contributed by atoms with Gasteiger partial charge in [-0.1, -0.05) is 36.4 Å². The first-order valence-corrected chi connectivity index (χ1v) is 12.5. The van der Waals surface area contributed by atoms with E-state index in [2.05, 4.69) is 10.6 Å². The van der Waals surface area contributed by atoms with Crippen molar-refractivity contribution in [2.75, 3.05) is 5.32 Å². The van der Waals surface area contributed by atoms with E-state index in [9.17, 15) is 22.8 Å². The fourth-order valence-electron chi connectivity index (χ4n) is 5.05. The Kier molecular flexibility index (Phi) is 6.30. The van der Waals surface area contributed by atoms with E-state index in [1.165, 1.54) is 23.5 Å². The van der Waals surface area contributed by atoms with Crippen LogP contribution in [0.1, 0.15) is 48.3 Å². The molecular weight excluding hydrogens is 485 g/mol. The molecule has 8 heteroatoms. The second-order valence-corrected chi connectivity index (χ2v) is 9.80. The second kappa shape index (κ2) is 9.43. The van der Waals surface area contributed by atoms with E-state index in [1.54, 1.807) is 6.92 Å². The van der Waals surface area contributed by atoms with Gasteiger partial charge in [0.2, 0.25) is 0 Å². The van der Waals surface area contributed by atoms with Crippen LogP contribution in [0.2, 0.25) is 0 Å². The highest BCUT2D eigenvalue weighted by atomic mass is 32.1. The number of hydrogen-bond acceptors (Lipinski definition) is 4. The number of carbonyl (C=O) groups is 2. The first-order valence-electron chi connectivity index (χ1n) is 11.5. The van der Waals surface area contributed by atoms with Gasteiger partial charge in [-0.05, 0) is 65.4 Å². The van der Waals surface area contributed by atoms with Gasteiger partial charge in [0.1, 0.15) is 0 Å². The maximum atomic E-state index is 13.5. The summed E-state index contributed by atoms with van der Waals surface area (Å²) in [6, 6.07) is 16.3. The van der Waals surface area contributed by atoms with Gasteiger partial charge < -0.3 is 10.6 Å². The molecule has 0 bridgehead atoms. The molecule has 0 fully saturated rings. The van der Waals surface area contributed by atoms with Crippen LogP contribution in [-0.2, 0) is 15.8 Å². The van der Waals surface area contributed by atoms with Gasteiger partial charge >= 0.3 is 6.18 Å². The van der Waals surface area contributed by atoms with E-state index in [4.69, 9.17) is 0 Å². The number of nitrogens with one attached hydrogen (secondary N) is 2. The van der Waals surface area contributed by atoms with Crippen molar-refractivity contribution in [3.8, 4) is 0 Å². The van der Waals surface area contributed by atoms with Crippen LogP contribution in [0.3, 0.4) is 0 Å². The summed E-state index contributed by atoms with van der Waals surface area (Å²) >= 11 is 1.46. The number of anilines is 1. The van der Waals surface area contributed by atoms with Crippen LogP contribution in [0.5, 0.6) is 0 Å². The maximum Gasteiger partial charge on any atom is 0.416 e. The van der Waals surface area contributed by atoms with Crippen molar-refractivity contribution in [1.82, 2.24) is 5.32 Å². The molecule has 36 heavy (non-hydrogen) atoms. The van der Waals surface area contributed by atoms with E-state index in [1.807, 2.05) is 47.2 Å². The highest BCUT2D eigenvalue weighted by molar-refractivity contribution is 7.08. The third-order valence-corrected chi connectivity index (χ3v) is 7.37. The Balaban J connectivity index is 1.50. The van der Waals surface area contributed by atoms with Crippen LogP contribution in [0.15, 0.2) is 94.0 Å². The highest BCUT2D eigenvalue weighted by Crippen LogP contribution is 2.46. The standard InChI is InChI=1S/C28H23F3N2O2S/c1-16-24(27(35)33-21-9-5-8-20(14-21)28(29,30)31)25(18-10-11-36-15-18)26-22(32-16)12-19(13-23(26)34)17-6-3-2-4-7-17/h2-11,14-15,19,25,32H,12-13H2,1H3,(H,33,35). The highest BCUT2D eigenvalue weighted by Gasteiger charge is 2.41. The van der Waals surface area contributed by atoms with E-state index < -0.39 is 23.6 Å². The van der Waals surface area contributed by atoms with Crippen molar-refractivity contribution in [1.29, 1.82) is 0 Å². The van der Waals surface area contributed by atoms with E-state index >= 15 is 0 Å². The SMILES string of the molecule is CC1=C(C(=O)Nc2cccc(C(F)(F)F)c2)C(c2ccsc2)C2=C(CC(c3ccccc3)CC2=O)N1. The monoisotopic (exact) mass is 508 g/mol. The van der Waals surface area contributed by atoms with Crippen LogP contribution in [0.25, 0.3) is 0 Å². The third kappa shape index (κ3) is 4.60. The van der Waals surface area contributed by atoms with Crippen molar-refractivity contribution < 1.29 is 22.8 Å². The van der Waals surface area contributed by atoms with Crippen molar-refractivity contribution in [3.63, 3.8) is 0 Å². The number of hydrogen-bond donors (Lipinski definition) is 2. The lowest BCUT2D eigenvalue weighted by molar-refractivity contribution is -0.137. The van der Waals surface area contributed by atoms with Crippen LogP contribution in [0.4, 0.5) is 18.9 Å². The van der Waals surface area contributed by atoms with Crippen molar-refractivity contribution in [3.05, 3.63) is 111 Å². The molecule has 4 nitrogen and oxygen atoms in total. The molecule has 2 aliphatic rings. The van der Waals surface area contributed by atoms with E-state index in [-0.39, 0.29) is 17.4 Å². The molecule has 0 spiro atoms. The molecule has 2 atom stereocenters. The quantitative estimate of drug-likeness (QED) is 0.409. The zero-order valence-corrected chi connectivity index (χ0v) is 20.2. The number of dihydropyridines is 1. The molecular formula is C28H23F3N2O2S. The fraction of sp³-hybridized carbons (Fsp3) is 0.214. The summed E-state index contributed by atoms with van der Waals surface area (Å²) in [4.78, 5) is 27.0. The number of halogens is 3. The first kappa shape index (κ1) is 24.1. The Morgan fingerprint density at radius 2 is 1.81 bits per heavy atom. The van der Waals surface area contributed by atoms with E-state index in [0.29, 0.717) is 29.7 Å². The molecule has 1 aromatic heterocycles. The number of rotatable bonds is 4. The van der Waals surface area contributed by atoms with Gasteiger partial charge in [0.05, 0.1) is 5.56 Å². The molecule has 1 aliphatic heterocycles. The molecule has 0 radical (unpaired) electrons. The normalized spacial score (nSPS) is 20.2. The van der Waals surface area contributed by atoms with Crippen molar-refractivity contribution in [2.45, 2.75) is 37.8 Å². The number of alkyl halides is 3. The number of amides is 1. The fourth-order valence-corrected chi connectivity index (χ4v) is 5.73. The molecule has 1 aliphatic carbocycles. The Labute approximate surface area is 210 Å². The average Bonchev–Trinajstić information content (AvgIpc) is 3.38. The lowest BCUT2D eigenvalue weighted by atomic mass is 9.72. The summed E-state index contributed by atoms with van der Waals surface area (Å²) in [6.07, 6.45) is -3.57. The Morgan fingerprint density at radius 1 is 1.03 bits per heavy atom. The minimum atomic E-state index is -4.52. The van der Waals surface area contributed by atoms with Gasteiger partial charge in [0.25, 0.3) is 5.91 Å². The number of Topliss-reactive ketones (excluding diaryl/α,β-unsaturated/α-hetero) is 1. The second-order valence-electron chi connectivity index (χ2n) is 9.02. The van der Waals surface area contributed by atoms with Gasteiger partial charge in [0, 0.05) is 40.6 Å². The van der Waals surface area contributed by atoms with Crippen LogP contribution in [0, 0.1) is 0 Å². The zero-order valence-electron chi connectivity index (χ0n) is 19.4. The predicted molar refractivity (Wildman–Crippen MR) is 133 cm³/mol. The maximum absolute atomic E-state index is 13.5. The number of allylic oxidation sites excluding steroid dienone is 3. The predicted octanol–water partition coefficient (Wildman–Crippen LogP) is 6.77. The van der Waals surface area contributed by atoms with Crippen molar-refractivity contribution >= 4 is 28.7 Å². The molecule has 0 saturated carbocycles. The Morgan fingerprint density at radius 3 is 2.50 bits per heavy atom. The molecule has 2 unspecified atom stereocenters. The van der Waals surface area contributed by atoms with Crippen LogP contribution >= 0.6 is 11.3 Å². The van der Waals surface area contributed by atoms with Crippen molar-refractivity contribution in [2.24, 2.45) is 0 Å². The van der Waals surface area contributed by atoms with Gasteiger partial charge in [-0.2, -0.15) is 24.5 Å². The summed E-state index contributed by atoms with van der Waals surface area (Å²) in [6.45, 7) is 1.76. The molecule has 184 valence electrons. The molecule has 3 aromatic rings. The summed E-state index contributed by atoms with van der Waals surface area (Å²) in [5.74, 6) is -1.14. The van der Waals surface area contributed by atoms with Gasteiger partial charge in [0.15, 0.2) is 5.78 Å². The molecule has 2 heterocycles. The Hall–Kier alpha value is -3.65. The zero-order chi connectivity index (χ0) is 25.4. The molecule has 0 saturated heterocycles. The number of thiophene rings is 1. The molecule has 5 rings (SSSR count). The molecule has 1 amide bonds. The van der Waals surface area contributed by atoms with Gasteiger partial charge in [-0.25, -0.2) is 0 Å². The molecule has 2 N–H and O–H groups in total. The number of benzene rings is 2. The Bertz CT molecular complexity index is 1380. The lowest BCUT2D eigenvalue weighted by Crippen LogP contribution is -2.37. The lowest BCUT2D eigenvalue weighted by Gasteiger charge is -2.36. The van der Waals surface area contributed by atoms with Gasteiger partial charge in [-0.15, -0.1) is 0 Å². The minimum absolute atomic E-state index is 0.0290. The molecule has 2 aromatic carbocycles. The van der Waals surface area contributed by atoms with Gasteiger partial charge in [-0.3, -0.25) is 9.59 Å². The summed E-state index contributed by atoms with van der Waals surface area (Å²) in [5, 5.41) is 9.71. The summed E-state index contributed by atoms with van der Waals surface area (Å²) < 4.78 is 39.5. The largest absolute Gasteiger partial charge is 0.416 e. The first-order chi connectivity index (χ1) is 17.2. The summed E-state index contributed by atoms with van der Waals surface area (Å²) in [5.41, 5.74) is 3.35. The number of carbonyl (C=O) groups excluding carboxylic acids is 2. The number of ketones is 1. The summed E-state index contributed by atoms with van der Waals surface area (Å²) in [7, 11) is 0. The third-order valence-electron chi connectivity index (χ3n) is 6.67. The van der Waals surface area contributed by atoms with Crippen LogP contribution in [-0.4, -0.2) is 11.7 Å². The smallest absolute Gasteiger partial charge is 0.362 e. The average molecular weight is 509 g/mol. The topological polar surface area (TPSA) is 58.2 Å². The van der Waals surface area contributed by atoms with Crippen LogP contribution < -0.4 is 10.6 Å².